The van der Waals surface area contributed by atoms with Crippen molar-refractivity contribution in [1.82, 2.24) is 15.2 Å². The number of rotatable bonds is 2. The van der Waals surface area contributed by atoms with Gasteiger partial charge in [-0.05, 0) is 29.3 Å². The molecule has 21 heavy (non-hydrogen) atoms. The van der Waals surface area contributed by atoms with Gasteiger partial charge in [0.05, 0.1) is 0 Å². The number of halogens is 1. The summed E-state index contributed by atoms with van der Waals surface area (Å²) in [5.41, 5.74) is 14.7. The van der Waals surface area contributed by atoms with Crippen molar-refractivity contribution in [3.05, 3.63) is 53.6 Å². The number of aromatic nitrogens is 3. The molecule has 0 saturated carbocycles. The number of hydrogen-bond acceptors (Lipinski definition) is 5. The molecule has 0 bridgehead atoms. The summed E-state index contributed by atoms with van der Waals surface area (Å²) in [4.78, 5) is 3.93. The van der Waals surface area contributed by atoms with Gasteiger partial charge in [0.2, 0.25) is 5.95 Å². The molecular weight excluding hydrogens is 286 g/mol. The highest BCUT2D eigenvalue weighted by atomic mass is 35.5. The topological polar surface area (TPSA) is 90.7 Å². The molecule has 0 saturated heterocycles. The smallest absolute Gasteiger partial charge is 0.242 e. The number of anilines is 2. The van der Waals surface area contributed by atoms with Crippen LogP contribution in [0.3, 0.4) is 0 Å². The monoisotopic (exact) mass is 297 g/mol. The van der Waals surface area contributed by atoms with Crippen LogP contribution >= 0.6 is 11.6 Å². The molecule has 0 fully saturated rings. The van der Waals surface area contributed by atoms with Gasteiger partial charge in [0.25, 0.3) is 0 Å². The number of benzene rings is 2. The highest BCUT2D eigenvalue weighted by Crippen LogP contribution is 2.28. The maximum Gasteiger partial charge on any atom is 0.242 e. The molecule has 3 rings (SSSR count). The summed E-state index contributed by atoms with van der Waals surface area (Å²) in [7, 11) is 0. The molecule has 4 N–H and O–H groups in total. The Hall–Kier alpha value is -2.66. The van der Waals surface area contributed by atoms with Crippen LogP contribution in [0, 0.1) is 0 Å². The van der Waals surface area contributed by atoms with Gasteiger partial charge in [0.15, 0.2) is 5.82 Å². The first-order valence-electron chi connectivity index (χ1n) is 6.25. The zero-order valence-electron chi connectivity index (χ0n) is 11.0. The Balaban J connectivity index is 2.05. The fourth-order valence-electron chi connectivity index (χ4n) is 2.05. The summed E-state index contributed by atoms with van der Waals surface area (Å²) in [6, 6.07) is 15.4. The minimum Gasteiger partial charge on any atom is -0.382 e. The Labute approximate surface area is 126 Å². The van der Waals surface area contributed by atoms with E-state index in [1.165, 1.54) is 0 Å². The Morgan fingerprint density at radius 2 is 1.52 bits per heavy atom. The second-order valence-electron chi connectivity index (χ2n) is 4.49. The minimum absolute atomic E-state index is 0.0603. The van der Waals surface area contributed by atoms with Gasteiger partial charge in [0.1, 0.15) is 5.69 Å². The van der Waals surface area contributed by atoms with Crippen LogP contribution in [0.1, 0.15) is 0 Å². The molecule has 0 spiro atoms. The van der Waals surface area contributed by atoms with Crippen molar-refractivity contribution >= 4 is 23.4 Å². The molecule has 104 valence electrons. The van der Waals surface area contributed by atoms with E-state index in [-0.39, 0.29) is 11.8 Å². The molecule has 0 radical (unpaired) electrons. The summed E-state index contributed by atoms with van der Waals surface area (Å²) in [5.74, 6) is 0.320. The fraction of sp³-hybridized carbons (Fsp3) is 0. The lowest BCUT2D eigenvalue weighted by atomic mass is 10.0. The van der Waals surface area contributed by atoms with Crippen LogP contribution < -0.4 is 11.5 Å². The van der Waals surface area contributed by atoms with E-state index in [9.17, 15) is 0 Å². The van der Waals surface area contributed by atoms with E-state index in [1.807, 2.05) is 48.5 Å². The van der Waals surface area contributed by atoms with E-state index in [0.29, 0.717) is 10.7 Å². The van der Waals surface area contributed by atoms with Crippen molar-refractivity contribution in [1.29, 1.82) is 0 Å². The largest absolute Gasteiger partial charge is 0.382 e. The highest BCUT2D eigenvalue weighted by Gasteiger charge is 2.08. The van der Waals surface area contributed by atoms with Gasteiger partial charge in [-0.1, -0.05) is 41.9 Å². The molecule has 1 aromatic heterocycles. The van der Waals surface area contributed by atoms with Gasteiger partial charge in [-0.3, -0.25) is 0 Å². The van der Waals surface area contributed by atoms with E-state index in [2.05, 4.69) is 15.2 Å². The summed E-state index contributed by atoms with van der Waals surface area (Å²) in [6.07, 6.45) is 0. The van der Waals surface area contributed by atoms with Gasteiger partial charge < -0.3 is 11.5 Å². The molecule has 0 unspecified atom stereocenters. The van der Waals surface area contributed by atoms with Crippen molar-refractivity contribution in [2.75, 3.05) is 11.5 Å². The van der Waals surface area contributed by atoms with Crippen molar-refractivity contribution < 1.29 is 0 Å². The third-order valence-electron chi connectivity index (χ3n) is 3.04. The van der Waals surface area contributed by atoms with E-state index in [1.54, 1.807) is 0 Å². The van der Waals surface area contributed by atoms with Crippen LogP contribution in [0.15, 0.2) is 48.5 Å². The van der Waals surface area contributed by atoms with Crippen molar-refractivity contribution in [3.63, 3.8) is 0 Å². The van der Waals surface area contributed by atoms with Gasteiger partial charge in [-0.15, -0.1) is 10.2 Å². The molecule has 6 heteroatoms. The average molecular weight is 298 g/mol. The number of nitrogen functional groups attached to an aromatic ring is 2. The lowest BCUT2D eigenvalue weighted by Crippen LogP contribution is -2.04. The SMILES string of the molecule is Nc1nnc(-c2cccc(-c3ccc(Cl)cc3)c2)c(N)n1. The van der Waals surface area contributed by atoms with Gasteiger partial charge in [-0.25, -0.2) is 0 Å². The van der Waals surface area contributed by atoms with Crippen LogP contribution in [0.25, 0.3) is 22.4 Å². The zero-order valence-corrected chi connectivity index (χ0v) is 11.7. The first-order chi connectivity index (χ1) is 10.1. The molecule has 0 aliphatic rings. The Bertz CT molecular complexity index is 786. The lowest BCUT2D eigenvalue weighted by Gasteiger charge is -2.07. The van der Waals surface area contributed by atoms with Crippen LogP contribution in [0.4, 0.5) is 11.8 Å². The summed E-state index contributed by atoms with van der Waals surface area (Å²) in [5, 5.41) is 8.46. The maximum atomic E-state index is 5.91. The highest BCUT2D eigenvalue weighted by molar-refractivity contribution is 6.30. The average Bonchev–Trinajstić information content (AvgIpc) is 2.48. The third kappa shape index (κ3) is 2.78. The van der Waals surface area contributed by atoms with Crippen molar-refractivity contribution in [2.24, 2.45) is 0 Å². The summed E-state index contributed by atoms with van der Waals surface area (Å²) >= 11 is 5.91. The predicted molar refractivity (Wildman–Crippen MR) is 84.5 cm³/mol. The van der Waals surface area contributed by atoms with Gasteiger partial charge >= 0.3 is 0 Å². The third-order valence-corrected chi connectivity index (χ3v) is 3.30. The quantitative estimate of drug-likeness (QED) is 0.758. The van der Waals surface area contributed by atoms with E-state index in [4.69, 9.17) is 23.1 Å². The Morgan fingerprint density at radius 3 is 2.24 bits per heavy atom. The lowest BCUT2D eigenvalue weighted by molar-refractivity contribution is 1.000. The molecular formula is C15H12ClN5. The molecule has 0 atom stereocenters. The molecule has 0 amide bonds. The van der Waals surface area contributed by atoms with Crippen molar-refractivity contribution in [2.45, 2.75) is 0 Å². The number of nitrogens with zero attached hydrogens (tertiary/aromatic N) is 3. The van der Waals surface area contributed by atoms with Crippen molar-refractivity contribution in [3.8, 4) is 22.4 Å². The van der Waals surface area contributed by atoms with Crippen LogP contribution in [-0.2, 0) is 0 Å². The number of hydrogen-bond donors (Lipinski definition) is 2. The molecule has 5 nitrogen and oxygen atoms in total. The maximum absolute atomic E-state index is 5.91. The van der Waals surface area contributed by atoms with E-state index < -0.39 is 0 Å². The van der Waals surface area contributed by atoms with Crippen LogP contribution in [0.5, 0.6) is 0 Å². The predicted octanol–water partition coefficient (Wildman–Crippen LogP) is 3.02. The second kappa shape index (κ2) is 5.38. The molecule has 3 aromatic rings. The fourth-order valence-corrected chi connectivity index (χ4v) is 2.17. The van der Waals surface area contributed by atoms with Crippen LogP contribution in [-0.4, -0.2) is 15.2 Å². The Morgan fingerprint density at radius 1 is 0.810 bits per heavy atom. The summed E-state index contributed by atoms with van der Waals surface area (Å²) in [6.45, 7) is 0. The Kier molecular flexibility index (Phi) is 3.41. The second-order valence-corrected chi connectivity index (χ2v) is 4.93. The molecule has 2 aromatic carbocycles. The number of nitrogens with two attached hydrogens (primary N) is 2. The standard InChI is InChI=1S/C15H12ClN5/c16-12-6-4-9(5-7-12)10-2-1-3-11(8-10)13-14(17)19-15(18)21-20-13/h1-8H,(H4,17,18,19,21). The first kappa shape index (κ1) is 13.3. The van der Waals surface area contributed by atoms with E-state index >= 15 is 0 Å². The first-order valence-corrected chi connectivity index (χ1v) is 6.63. The normalized spacial score (nSPS) is 10.5. The molecule has 0 aliphatic heterocycles. The van der Waals surface area contributed by atoms with E-state index in [0.717, 1.165) is 16.7 Å². The van der Waals surface area contributed by atoms with Gasteiger partial charge in [0, 0.05) is 10.6 Å². The van der Waals surface area contributed by atoms with Gasteiger partial charge in [-0.2, -0.15) is 4.98 Å². The molecule has 0 aliphatic carbocycles. The zero-order chi connectivity index (χ0) is 14.8. The van der Waals surface area contributed by atoms with Crippen LogP contribution in [0.2, 0.25) is 5.02 Å². The molecule has 1 heterocycles. The summed E-state index contributed by atoms with van der Waals surface area (Å²) < 4.78 is 0. The minimum atomic E-state index is 0.0603.